The number of hydrogen-bond donors (Lipinski definition) is 0. The molecule has 2 aromatic rings. The van der Waals surface area contributed by atoms with E-state index >= 15 is 0 Å². The summed E-state index contributed by atoms with van der Waals surface area (Å²) in [6.45, 7) is 0. The standard InChI is InChI=1S/C16H7Br3O2S/c17-8-1-3-9(4-2-8)22-13-7-12(20)14-10(18)5-6-11(19)15(14)16(13)21/h1-7H. The van der Waals surface area contributed by atoms with Crippen molar-refractivity contribution in [2.75, 3.05) is 0 Å². The van der Waals surface area contributed by atoms with Gasteiger partial charge in [-0.15, -0.1) is 0 Å². The number of halogens is 3. The van der Waals surface area contributed by atoms with Gasteiger partial charge in [-0.05, 0) is 36.4 Å². The molecule has 0 amide bonds. The van der Waals surface area contributed by atoms with Crippen LogP contribution in [0.1, 0.15) is 20.7 Å². The number of carbonyl (C=O) groups is 2. The van der Waals surface area contributed by atoms with Gasteiger partial charge in [0.2, 0.25) is 5.78 Å². The van der Waals surface area contributed by atoms with E-state index in [0.717, 1.165) is 9.37 Å². The topological polar surface area (TPSA) is 34.1 Å². The summed E-state index contributed by atoms with van der Waals surface area (Å²) in [7, 11) is 0. The van der Waals surface area contributed by atoms with Crippen molar-refractivity contribution in [3.63, 3.8) is 0 Å². The molecule has 0 N–H and O–H groups in total. The van der Waals surface area contributed by atoms with E-state index in [0.29, 0.717) is 25.0 Å². The molecule has 0 aromatic heterocycles. The van der Waals surface area contributed by atoms with Crippen LogP contribution in [0, 0.1) is 0 Å². The fraction of sp³-hybridized carbons (Fsp3) is 0. The largest absolute Gasteiger partial charge is 0.289 e. The second kappa shape index (κ2) is 6.43. The molecule has 0 unspecified atom stereocenters. The van der Waals surface area contributed by atoms with Crippen molar-refractivity contribution in [2.45, 2.75) is 4.90 Å². The van der Waals surface area contributed by atoms with Gasteiger partial charge in [0.25, 0.3) is 0 Å². The minimum atomic E-state index is -0.164. The van der Waals surface area contributed by atoms with Crippen molar-refractivity contribution >= 4 is 71.1 Å². The second-order valence-electron chi connectivity index (χ2n) is 4.54. The molecule has 3 rings (SSSR count). The molecule has 0 fully saturated rings. The van der Waals surface area contributed by atoms with Crippen LogP contribution in [0.15, 0.2) is 65.7 Å². The van der Waals surface area contributed by atoms with Crippen molar-refractivity contribution in [3.05, 3.63) is 71.9 Å². The molecule has 0 spiro atoms. The molecule has 0 heterocycles. The SMILES string of the molecule is O=C1C=C(Sc2ccc(Br)cc2)C(=O)c2c(Br)ccc(Br)c21. The van der Waals surface area contributed by atoms with Gasteiger partial charge in [0.1, 0.15) is 0 Å². The lowest BCUT2D eigenvalue weighted by Gasteiger charge is -2.17. The van der Waals surface area contributed by atoms with E-state index in [1.54, 1.807) is 12.1 Å². The number of benzene rings is 2. The smallest absolute Gasteiger partial charge is 0.201 e. The molecule has 0 bridgehead atoms. The third-order valence-electron chi connectivity index (χ3n) is 3.10. The Bertz CT molecular complexity index is 826. The summed E-state index contributed by atoms with van der Waals surface area (Å²) in [4.78, 5) is 26.4. The fourth-order valence-corrected chi connectivity index (χ4v) is 4.29. The number of carbonyl (C=O) groups excluding carboxylic acids is 2. The highest BCUT2D eigenvalue weighted by Crippen LogP contribution is 2.38. The average molecular weight is 503 g/mol. The normalized spacial score (nSPS) is 13.9. The number of allylic oxidation sites excluding steroid dienone is 2. The molecule has 110 valence electrons. The zero-order valence-electron chi connectivity index (χ0n) is 10.9. The summed E-state index contributed by atoms with van der Waals surface area (Å²) in [6, 6.07) is 11.1. The van der Waals surface area contributed by atoms with Crippen molar-refractivity contribution in [1.82, 2.24) is 0 Å². The lowest BCUT2D eigenvalue weighted by Crippen LogP contribution is -2.17. The van der Waals surface area contributed by atoms with Crippen LogP contribution in [0.2, 0.25) is 0 Å². The summed E-state index contributed by atoms with van der Waals surface area (Å²) in [6.07, 6.45) is 1.41. The van der Waals surface area contributed by atoms with Crippen LogP contribution < -0.4 is 0 Å². The fourth-order valence-electron chi connectivity index (χ4n) is 2.10. The molecular formula is C16H7Br3O2S. The first kappa shape index (κ1) is 16.2. The van der Waals surface area contributed by atoms with Crippen molar-refractivity contribution < 1.29 is 9.59 Å². The molecule has 6 heteroatoms. The van der Waals surface area contributed by atoms with Gasteiger partial charge in [0, 0.05) is 35.5 Å². The summed E-state index contributed by atoms with van der Waals surface area (Å²) in [5, 5.41) is 0. The van der Waals surface area contributed by atoms with E-state index in [2.05, 4.69) is 47.8 Å². The maximum absolute atomic E-state index is 12.7. The van der Waals surface area contributed by atoms with Crippen molar-refractivity contribution in [3.8, 4) is 0 Å². The minimum Gasteiger partial charge on any atom is -0.289 e. The van der Waals surface area contributed by atoms with Crippen LogP contribution in [0.5, 0.6) is 0 Å². The Hall–Kier alpha value is -0.690. The van der Waals surface area contributed by atoms with Gasteiger partial charge in [-0.25, -0.2) is 0 Å². The quantitative estimate of drug-likeness (QED) is 0.503. The van der Waals surface area contributed by atoms with E-state index < -0.39 is 0 Å². The van der Waals surface area contributed by atoms with Crippen molar-refractivity contribution in [1.29, 1.82) is 0 Å². The number of ketones is 2. The predicted molar refractivity (Wildman–Crippen MR) is 98.6 cm³/mol. The van der Waals surface area contributed by atoms with Gasteiger partial charge in [0.15, 0.2) is 5.78 Å². The molecule has 1 aliphatic rings. The highest BCUT2D eigenvalue weighted by Gasteiger charge is 2.30. The summed E-state index contributed by atoms with van der Waals surface area (Å²) < 4.78 is 2.23. The molecule has 0 saturated heterocycles. The maximum Gasteiger partial charge on any atom is 0.201 e. The first-order valence-corrected chi connectivity index (χ1v) is 9.39. The Balaban J connectivity index is 2.02. The molecule has 0 saturated carbocycles. The Kier molecular flexibility index (Phi) is 4.73. The third kappa shape index (κ3) is 3.02. The summed E-state index contributed by atoms with van der Waals surface area (Å²) in [5.41, 5.74) is 0.834. The van der Waals surface area contributed by atoms with Gasteiger partial charge < -0.3 is 0 Å². The van der Waals surface area contributed by atoms with Gasteiger partial charge in [-0.1, -0.05) is 59.6 Å². The molecule has 0 radical (unpaired) electrons. The summed E-state index contributed by atoms with van der Waals surface area (Å²) in [5.74, 6) is -0.307. The van der Waals surface area contributed by atoms with Crippen LogP contribution in [0.25, 0.3) is 0 Å². The van der Waals surface area contributed by atoms with E-state index in [-0.39, 0.29) is 11.6 Å². The van der Waals surface area contributed by atoms with Gasteiger partial charge in [-0.2, -0.15) is 0 Å². The van der Waals surface area contributed by atoms with Crippen LogP contribution in [-0.4, -0.2) is 11.6 Å². The molecule has 22 heavy (non-hydrogen) atoms. The molecule has 0 atom stereocenters. The molecular weight excluding hydrogens is 496 g/mol. The molecule has 0 aliphatic heterocycles. The van der Waals surface area contributed by atoms with Crippen LogP contribution in [0.4, 0.5) is 0 Å². The van der Waals surface area contributed by atoms with Crippen molar-refractivity contribution in [2.24, 2.45) is 0 Å². The Morgan fingerprint density at radius 1 is 0.773 bits per heavy atom. The first-order valence-electron chi connectivity index (χ1n) is 6.19. The highest BCUT2D eigenvalue weighted by atomic mass is 79.9. The maximum atomic E-state index is 12.7. The second-order valence-corrected chi connectivity index (χ2v) is 8.28. The number of rotatable bonds is 2. The predicted octanol–water partition coefficient (Wildman–Crippen LogP) is 6.03. The monoisotopic (exact) mass is 500 g/mol. The van der Waals surface area contributed by atoms with Crippen LogP contribution in [0.3, 0.4) is 0 Å². The van der Waals surface area contributed by atoms with Crippen LogP contribution in [-0.2, 0) is 0 Å². The van der Waals surface area contributed by atoms with E-state index in [9.17, 15) is 9.59 Å². The first-order chi connectivity index (χ1) is 10.5. The lowest BCUT2D eigenvalue weighted by atomic mass is 9.95. The third-order valence-corrected chi connectivity index (χ3v) is 5.99. The van der Waals surface area contributed by atoms with Gasteiger partial charge >= 0.3 is 0 Å². The summed E-state index contributed by atoms with van der Waals surface area (Å²) >= 11 is 11.4. The number of fused-ring (bicyclic) bond motifs is 1. The van der Waals surface area contributed by atoms with E-state index in [4.69, 9.17) is 0 Å². The zero-order valence-corrected chi connectivity index (χ0v) is 16.5. The lowest BCUT2D eigenvalue weighted by molar-refractivity contribution is 0.0990. The van der Waals surface area contributed by atoms with Gasteiger partial charge in [0.05, 0.1) is 4.91 Å². The number of thioether (sulfide) groups is 1. The van der Waals surface area contributed by atoms with E-state index in [1.165, 1.54) is 17.8 Å². The Morgan fingerprint density at radius 3 is 2.00 bits per heavy atom. The molecule has 1 aliphatic carbocycles. The molecule has 2 aromatic carbocycles. The van der Waals surface area contributed by atoms with Gasteiger partial charge in [-0.3, -0.25) is 9.59 Å². The Labute approximate surface area is 156 Å². The number of hydrogen-bond acceptors (Lipinski definition) is 3. The minimum absolute atomic E-state index is 0.143. The zero-order chi connectivity index (χ0) is 15.9. The van der Waals surface area contributed by atoms with E-state index in [1.807, 2.05) is 24.3 Å². The Morgan fingerprint density at radius 2 is 1.36 bits per heavy atom. The molecule has 2 nitrogen and oxygen atoms in total. The number of Topliss-reactive ketones (excluding diaryl/α,β-unsaturated/α-hetero) is 1. The average Bonchev–Trinajstić information content (AvgIpc) is 2.49. The highest BCUT2D eigenvalue weighted by molar-refractivity contribution is 9.11. The van der Waals surface area contributed by atoms with Crippen LogP contribution >= 0.6 is 59.6 Å².